The van der Waals surface area contributed by atoms with Crippen LogP contribution in [0.2, 0.25) is 0 Å². The highest BCUT2D eigenvalue weighted by Gasteiger charge is 2.06. The van der Waals surface area contributed by atoms with E-state index < -0.39 is 5.97 Å². The first-order valence-electron chi connectivity index (χ1n) is 2.89. The molecule has 0 radical (unpaired) electrons. The highest BCUT2D eigenvalue weighted by Crippen LogP contribution is 1.99. The van der Waals surface area contributed by atoms with Gasteiger partial charge in [-0.2, -0.15) is 12.6 Å². The summed E-state index contributed by atoms with van der Waals surface area (Å²) in [6.45, 7) is 0. The lowest BCUT2D eigenvalue weighted by atomic mass is 10.2. The average Bonchev–Trinajstić information content (AvgIpc) is 1.90. The summed E-state index contributed by atoms with van der Waals surface area (Å²) >= 11 is 9.22. The molecule has 2 N–H and O–H groups in total. The summed E-state index contributed by atoms with van der Waals surface area (Å²) in [5.41, 5.74) is 0. The summed E-state index contributed by atoms with van der Waals surface area (Å²) in [5, 5.41) is 8.26. The highest BCUT2D eigenvalue weighted by atomic mass is 35.5. The van der Waals surface area contributed by atoms with E-state index in [1.54, 1.807) is 0 Å². The van der Waals surface area contributed by atoms with Crippen molar-refractivity contribution in [2.45, 2.75) is 18.9 Å². The first-order valence-corrected chi connectivity index (χ1v) is 3.90. The molecule has 0 spiro atoms. The summed E-state index contributed by atoms with van der Waals surface area (Å²) in [7, 11) is 0. The first kappa shape index (κ1) is 10.1. The molecule has 0 aliphatic carbocycles. The van der Waals surface area contributed by atoms with Crippen LogP contribution in [0.25, 0.3) is 0 Å². The van der Waals surface area contributed by atoms with E-state index in [0.717, 1.165) is 0 Å². The van der Waals surface area contributed by atoms with Gasteiger partial charge < -0.3 is 5.11 Å². The topological polar surface area (TPSA) is 49.3 Å². The molecular formula is C5H10ClNO2S. The zero-order chi connectivity index (χ0) is 7.98. The van der Waals surface area contributed by atoms with Crippen LogP contribution in [0.15, 0.2) is 0 Å². The Hall–Kier alpha value is 0.0700. The van der Waals surface area contributed by atoms with Gasteiger partial charge in [-0.3, -0.25) is 4.79 Å². The van der Waals surface area contributed by atoms with Crippen molar-refractivity contribution in [1.29, 1.82) is 0 Å². The molecule has 0 saturated heterocycles. The summed E-state index contributed by atoms with van der Waals surface area (Å²) in [5.74, 6) is -0.254. The van der Waals surface area contributed by atoms with E-state index in [1.165, 1.54) is 0 Å². The van der Waals surface area contributed by atoms with E-state index in [1.807, 2.05) is 0 Å². The molecule has 0 rings (SSSR count). The number of hydrogen-bond donors (Lipinski definition) is 3. The minimum atomic E-state index is -0.807. The van der Waals surface area contributed by atoms with E-state index in [2.05, 4.69) is 17.5 Å². The molecule has 1 atom stereocenters. The van der Waals surface area contributed by atoms with E-state index >= 15 is 0 Å². The van der Waals surface area contributed by atoms with Crippen LogP contribution >= 0.6 is 24.4 Å². The molecule has 3 nitrogen and oxygen atoms in total. The number of carboxylic acids is 1. The average molecular weight is 184 g/mol. The van der Waals surface area contributed by atoms with Crippen LogP contribution in [0.3, 0.4) is 0 Å². The van der Waals surface area contributed by atoms with Crippen molar-refractivity contribution >= 4 is 30.4 Å². The van der Waals surface area contributed by atoms with Crippen LogP contribution in [-0.4, -0.2) is 22.9 Å². The fourth-order valence-electron chi connectivity index (χ4n) is 0.478. The second-order valence-electron chi connectivity index (χ2n) is 1.92. The molecule has 60 valence electrons. The third kappa shape index (κ3) is 4.90. The minimum absolute atomic E-state index is 0.0129. The molecule has 0 saturated carbocycles. The second-order valence-corrected chi connectivity index (χ2v) is 2.50. The van der Waals surface area contributed by atoms with Crippen LogP contribution in [0.1, 0.15) is 12.8 Å². The maximum absolute atomic E-state index is 10.0. The number of rotatable bonds is 5. The fraction of sp³-hybridized carbons (Fsp3) is 0.800. The lowest BCUT2D eigenvalue weighted by Gasteiger charge is -2.08. The SMILES string of the molecule is O=C(O)CCC(CS)NCl. The molecule has 5 heteroatoms. The van der Waals surface area contributed by atoms with Crippen LogP contribution in [0, 0.1) is 0 Å². The Balaban J connectivity index is 3.34. The zero-order valence-electron chi connectivity index (χ0n) is 5.38. The monoisotopic (exact) mass is 183 g/mol. The van der Waals surface area contributed by atoms with Crippen LogP contribution in [0.4, 0.5) is 0 Å². The van der Waals surface area contributed by atoms with E-state index in [0.29, 0.717) is 12.2 Å². The molecule has 0 aromatic carbocycles. The summed E-state index contributed by atoms with van der Waals surface area (Å²) in [4.78, 5) is 12.5. The standard InChI is InChI=1S/C5H10ClNO2S/c6-7-4(3-10)1-2-5(8)9/h4,7,10H,1-3H2,(H,8,9). The number of aliphatic carboxylic acids is 1. The summed E-state index contributed by atoms with van der Waals surface area (Å²) < 4.78 is 0. The molecule has 0 amide bonds. The van der Waals surface area contributed by atoms with Gasteiger partial charge >= 0.3 is 5.97 Å². The van der Waals surface area contributed by atoms with Crippen molar-refractivity contribution in [1.82, 2.24) is 4.84 Å². The van der Waals surface area contributed by atoms with Crippen molar-refractivity contribution in [3.8, 4) is 0 Å². The lowest BCUT2D eigenvalue weighted by molar-refractivity contribution is -0.137. The van der Waals surface area contributed by atoms with Gasteiger partial charge in [0.1, 0.15) is 0 Å². The largest absolute Gasteiger partial charge is 0.481 e. The van der Waals surface area contributed by atoms with Gasteiger partial charge in [0.05, 0.1) is 0 Å². The maximum Gasteiger partial charge on any atom is 0.303 e. The quantitative estimate of drug-likeness (QED) is 0.439. The van der Waals surface area contributed by atoms with Crippen LogP contribution in [0.5, 0.6) is 0 Å². The molecule has 10 heavy (non-hydrogen) atoms. The number of carboxylic acid groups (broad SMARTS) is 1. The number of halogens is 1. The van der Waals surface area contributed by atoms with Crippen molar-refractivity contribution < 1.29 is 9.90 Å². The molecule has 0 fully saturated rings. The predicted octanol–water partition coefficient (Wildman–Crippen LogP) is 0.893. The second kappa shape index (κ2) is 5.82. The van der Waals surface area contributed by atoms with Gasteiger partial charge in [-0.25, -0.2) is 4.84 Å². The fourth-order valence-corrected chi connectivity index (χ4v) is 1.05. The van der Waals surface area contributed by atoms with Gasteiger partial charge in [0.2, 0.25) is 0 Å². The molecule has 0 aliphatic rings. The number of carbonyl (C=O) groups is 1. The van der Waals surface area contributed by atoms with Gasteiger partial charge in [0.25, 0.3) is 0 Å². The number of thiol groups is 1. The lowest BCUT2D eigenvalue weighted by Crippen LogP contribution is -2.23. The predicted molar refractivity (Wildman–Crippen MR) is 43.5 cm³/mol. The summed E-state index contributed by atoms with van der Waals surface area (Å²) in [6, 6.07) is -0.0129. The van der Waals surface area contributed by atoms with Crippen molar-refractivity contribution in [3.63, 3.8) is 0 Å². The van der Waals surface area contributed by atoms with Crippen molar-refractivity contribution in [3.05, 3.63) is 0 Å². The smallest absolute Gasteiger partial charge is 0.303 e. The van der Waals surface area contributed by atoms with E-state index in [9.17, 15) is 4.79 Å². The Morgan fingerprint density at radius 1 is 1.80 bits per heavy atom. The van der Waals surface area contributed by atoms with E-state index in [4.69, 9.17) is 16.9 Å². The Morgan fingerprint density at radius 3 is 2.70 bits per heavy atom. The Bertz CT molecular complexity index is 108. The molecule has 0 aliphatic heterocycles. The van der Waals surface area contributed by atoms with Gasteiger partial charge in [0, 0.05) is 18.2 Å². The van der Waals surface area contributed by atoms with Crippen LogP contribution in [-0.2, 0) is 4.79 Å². The molecule has 0 aromatic heterocycles. The molecule has 0 aromatic rings. The third-order valence-corrected chi connectivity index (χ3v) is 1.83. The van der Waals surface area contributed by atoms with Gasteiger partial charge in [-0.05, 0) is 18.2 Å². The number of hydrogen-bond acceptors (Lipinski definition) is 3. The molecule has 0 heterocycles. The Morgan fingerprint density at radius 2 is 2.40 bits per heavy atom. The van der Waals surface area contributed by atoms with Gasteiger partial charge in [-0.15, -0.1) is 0 Å². The zero-order valence-corrected chi connectivity index (χ0v) is 7.03. The normalized spacial score (nSPS) is 13.0. The molecule has 1 unspecified atom stereocenters. The van der Waals surface area contributed by atoms with Crippen molar-refractivity contribution in [2.75, 3.05) is 5.75 Å². The molecule has 0 bridgehead atoms. The molecular weight excluding hydrogens is 174 g/mol. The minimum Gasteiger partial charge on any atom is -0.481 e. The highest BCUT2D eigenvalue weighted by molar-refractivity contribution is 7.80. The number of nitrogens with one attached hydrogen (secondary N) is 1. The maximum atomic E-state index is 10.0. The summed E-state index contributed by atoms with van der Waals surface area (Å²) in [6.07, 6.45) is 0.646. The Kier molecular flexibility index (Phi) is 5.87. The Labute approximate surface area is 70.3 Å². The van der Waals surface area contributed by atoms with Crippen molar-refractivity contribution in [2.24, 2.45) is 0 Å². The van der Waals surface area contributed by atoms with Gasteiger partial charge in [0.15, 0.2) is 0 Å². The third-order valence-electron chi connectivity index (χ3n) is 1.08. The van der Waals surface area contributed by atoms with E-state index in [-0.39, 0.29) is 12.5 Å². The van der Waals surface area contributed by atoms with Gasteiger partial charge in [-0.1, -0.05) is 0 Å². The first-order chi connectivity index (χ1) is 4.70. The van der Waals surface area contributed by atoms with Crippen LogP contribution < -0.4 is 4.84 Å².